The number of hydrogen-bond acceptors (Lipinski definition) is 1. The Balaban J connectivity index is 2.61. The molecule has 50 valence electrons. The van der Waals surface area contributed by atoms with Crippen LogP contribution in [0.4, 0.5) is 4.39 Å². The first-order valence-corrected chi connectivity index (χ1v) is 2.64. The van der Waals surface area contributed by atoms with Crippen LogP contribution < -0.4 is 0 Å². The first-order chi connectivity index (χ1) is 4.33. The van der Waals surface area contributed by atoms with Crippen LogP contribution in [0.15, 0.2) is 12.3 Å². The molecule has 2 nitrogen and oxygen atoms in total. The predicted molar refractivity (Wildman–Crippen MR) is 31.5 cm³/mol. The zero-order chi connectivity index (χ0) is 6.69. The third-order valence-corrected chi connectivity index (χ3v) is 1.02. The highest BCUT2D eigenvalue weighted by atomic mass is 19.1. The standard InChI is InChI=1S/C6H8FNO/c1-9-4-5-2-6(7)8-3-5/h2-3,8H,4H2,1H3. The number of nitrogens with one attached hydrogen (secondary N) is 1. The second-order valence-corrected chi connectivity index (χ2v) is 1.79. The van der Waals surface area contributed by atoms with Crippen LogP contribution in [-0.2, 0) is 11.3 Å². The lowest BCUT2D eigenvalue weighted by Crippen LogP contribution is -1.81. The molecule has 0 atom stereocenters. The van der Waals surface area contributed by atoms with Gasteiger partial charge in [0.2, 0.25) is 0 Å². The van der Waals surface area contributed by atoms with Crippen LogP contribution in [-0.4, -0.2) is 12.1 Å². The molecule has 1 aromatic rings. The first kappa shape index (κ1) is 6.29. The van der Waals surface area contributed by atoms with E-state index in [1.807, 2.05) is 0 Å². The maximum absolute atomic E-state index is 12.1. The molecule has 0 saturated heterocycles. The molecular formula is C6H8FNO. The summed E-state index contributed by atoms with van der Waals surface area (Å²) in [5.74, 6) is -0.318. The van der Waals surface area contributed by atoms with Gasteiger partial charge in [0.15, 0.2) is 5.95 Å². The van der Waals surface area contributed by atoms with E-state index in [9.17, 15) is 4.39 Å². The molecule has 0 amide bonds. The number of halogens is 1. The summed E-state index contributed by atoms with van der Waals surface area (Å²) < 4.78 is 16.9. The fourth-order valence-electron chi connectivity index (χ4n) is 0.658. The Morgan fingerprint density at radius 2 is 2.56 bits per heavy atom. The molecule has 1 heterocycles. The van der Waals surface area contributed by atoms with Crippen molar-refractivity contribution in [3.63, 3.8) is 0 Å². The minimum atomic E-state index is -0.318. The maximum Gasteiger partial charge on any atom is 0.191 e. The first-order valence-electron chi connectivity index (χ1n) is 2.64. The second-order valence-electron chi connectivity index (χ2n) is 1.79. The van der Waals surface area contributed by atoms with E-state index in [0.29, 0.717) is 6.61 Å². The number of methoxy groups -OCH3 is 1. The minimum absolute atomic E-state index is 0.318. The molecule has 0 aliphatic carbocycles. The van der Waals surface area contributed by atoms with Crippen molar-refractivity contribution in [1.82, 2.24) is 4.98 Å². The third-order valence-electron chi connectivity index (χ3n) is 1.02. The van der Waals surface area contributed by atoms with Gasteiger partial charge < -0.3 is 9.72 Å². The van der Waals surface area contributed by atoms with Gasteiger partial charge in [-0.15, -0.1) is 0 Å². The zero-order valence-corrected chi connectivity index (χ0v) is 5.15. The smallest absolute Gasteiger partial charge is 0.191 e. The number of H-pyrrole nitrogens is 1. The molecule has 0 aliphatic heterocycles. The summed E-state index contributed by atoms with van der Waals surface area (Å²) in [7, 11) is 1.57. The van der Waals surface area contributed by atoms with Crippen molar-refractivity contribution >= 4 is 0 Å². The molecular weight excluding hydrogens is 121 g/mol. The van der Waals surface area contributed by atoms with E-state index in [4.69, 9.17) is 4.74 Å². The van der Waals surface area contributed by atoms with E-state index >= 15 is 0 Å². The van der Waals surface area contributed by atoms with Crippen LogP contribution in [0.2, 0.25) is 0 Å². The zero-order valence-electron chi connectivity index (χ0n) is 5.15. The quantitative estimate of drug-likeness (QED) is 0.639. The number of hydrogen-bond donors (Lipinski definition) is 1. The van der Waals surface area contributed by atoms with Gasteiger partial charge in [0.25, 0.3) is 0 Å². The predicted octanol–water partition coefficient (Wildman–Crippen LogP) is 1.30. The Morgan fingerprint density at radius 3 is 3.00 bits per heavy atom. The summed E-state index contributed by atoms with van der Waals surface area (Å²) in [6.07, 6.45) is 1.58. The molecule has 0 saturated carbocycles. The molecule has 0 spiro atoms. The molecule has 0 aromatic carbocycles. The average Bonchev–Trinajstić information content (AvgIpc) is 2.17. The van der Waals surface area contributed by atoms with E-state index < -0.39 is 0 Å². The summed E-state index contributed by atoms with van der Waals surface area (Å²) in [4.78, 5) is 2.41. The van der Waals surface area contributed by atoms with Gasteiger partial charge in [-0.05, 0) is 11.6 Å². The van der Waals surface area contributed by atoms with Gasteiger partial charge in [-0.2, -0.15) is 4.39 Å². The number of aromatic amines is 1. The highest BCUT2D eigenvalue weighted by molar-refractivity contribution is 5.07. The monoisotopic (exact) mass is 129 g/mol. The topological polar surface area (TPSA) is 25.0 Å². The lowest BCUT2D eigenvalue weighted by molar-refractivity contribution is 0.185. The van der Waals surface area contributed by atoms with Crippen LogP contribution in [0.25, 0.3) is 0 Å². The van der Waals surface area contributed by atoms with Crippen molar-refractivity contribution < 1.29 is 9.13 Å². The van der Waals surface area contributed by atoms with E-state index in [1.54, 1.807) is 13.3 Å². The van der Waals surface area contributed by atoms with Crippen LogP contribution in [0, 0.1) is 5.95 Å². The van der Waals surface area contributed by atoms with E-state index in [-0.39, 0.29) is 5.95 Å². The Kier molecular flexibility index (Phi) is 1.85. The van der Waals surface area contributed by atoms with Crippen molar-refractivity contribution in [2.45, 2.75) is 6.61 Å². The molecule has 0 unspecified atom stereocenters. The van der Waals surface area contributed by atoms with E-state index in [1.165, 1.54) is 6.07 Å². The van der Waals surface area contributed by atoms with Crippen LogP contribution in [0.1, 0.15) is 5.56 Å². The van der Waals surface area contributed by atoms with Crippen molar-refractivity contribution in [3.05, 3.63) is 23.8 Å². The van der Waals surface area contributed by atoms with Crippen LogP contribution in [0.3, 0.4) is 0 Å². The van der Waals surface area contributed by atoms with Crippen LogP contribution in [0.5, 0.6) is 0 Å². The molecule has 3 heteroatoms. The fourth-order valence-corrected chi connectivity index (χ4v) is 0.658. The fraction of sp³-hybridized carbons (Fsp3) is 0.333. The molecule has 9 heavy (non-hydrogen) atoms. The normalized spacial score (nSPS) is 10.0. The summed E-state index contributed by atoms with van der Waals surface area (Å²) in [5, 5.41) is 0. The Labute approximate surface area is 52.6 Å². The van der Waals surface area contributed by atoms with Crippen molar-refractivity contribution in [2.75, 3.05) is 7.11 Å². The Bertz CT molecular complexity index is 185. The van der Waals surface area contributed by atoms with Gasteiger partial charge in [-0.1, -0.05) is 0 Å². The Hall–Kier alpha value is -0.830. The summed E-state index contributed by atoms with van der Waals surface area (Å²) >= 11 is 0. The highest BCUT2D eigenvalue weighted by Crippen LogP contribution is 2.01. The van der Waals surface area contributed by atoms with Gasteiger partial charge in [-0.3, -0.25) is 0 Å². The van der Waals surface area contributed by atoms with E-state index in [0.717, 1.165) is 5.56 Å². The maximum atomic E-state index is 12.1. The second kappa shape index (κ2) is 2.64. The molecule has 0 aliphatic rings. The minimum Gasteiger partial charge on any atom is -0.380 e. The number of ether oxygens (including phenoxy) is 1. The molecule has 0 fully saturated rings. The van der Waals surface area contributed by atoms with Gasteiger partial charge in [0.05, 0.1) is 6.61 Å². The summed E-state index contributed by atoms with van der Waals surface area (Å²) in [6, 6.07) is 1.41. The molecule has 0 bridgehead atoms. The van der Waals surface area contributed by atoms with Gasteiger partial charge in [0, 0.05) is 13.3 Å². The lowest BCUT2D eigenvalue weighted by Gasteiger charge is -1.89. The summed E-state index contributed by atoms with van der Waals surface area (Å²) in [6.45, 7) is 0.459. The third kappa shape index (κ3) is 1.54. The van der Waals surface area contributed by atoms with Gasteiger partial charge in [-0.25, -0.2) is 0 Å². The summed E-state index contributed by atoms with van der Waals surface area (Å²) in [5.41, 5.74) is 0.829. The molecule has 1 N–H and O–H groups in total. The van der Waals surface area contributed by atoms with Gasteiger partial charge in [0.1, 0.15) is 0 Å². The van der Waals surface area contributed by atoms with Gasteiger partial charge >= 0.3 is 0 Å². The highest BCUT2D eigenvalue weighted by Gasteiger charge is 1.94. The number of rotatable bonds is 2. The SMILES string of the molecule is COCc1c[nH]c(F)c1. The molecule has 1 rings (SSSR count). The number of aromatic nitrogens is 1. The molecule has 0 radical (unpaired) electrons. The van der Waals surface area contributed by atoms with Crippen molar-refractivity contribution in [1.29, 1.82) is 0 Å². The average molecular weight is 129 g/mol. The molecule has 1 aromatic heterocycles. The van der Waals surface area contributed by atoms with Crippen molar-refractivity contribution in [3.8, 4) is 0 Å². The Morgan fingerprint density at radius 1 is 1.78 bits per heavy atom. The van der Waals surface area contributed by atoms with Crippen molar-refractivity contribution in [2.24, 2.45) is 0 Å². The largest absolute Gasteiger partial charge is 0.380 e. The van der Waals surface area contributed by atoms with E-state index in [2.05, 4.69) is 4.98 Å². The van der Waals surface area contributed by atoms with Crippen LogP contribution >= 0.6 is 0 Å². The lowest BCUT2D eigenvalue weighted by atomic mass is 10.4.